The molecule has 1 heterocycles. The summed E-state index contributed by atoms with van der Waals surface area (Å²) in [6.07, 6.45) is 0. The van der Waals surface area contributed by atoms with Crippen LogP contribution in [0.4, 0.5) is 0 Å². The molecule has 0 fully saturated rings. The van der Waals surface area contributed by atoms with Crippen molar-refractivity contribution in [3.05, 3.63) is 22.4 Å². The first kappa shape index (κ1) is 16.1. The molecule has 0 atom stereocenters. The zero-order chi connectivity index (χ0) is 13.8. The monoisotopic (exact) mass is 314 g/mol. The van der Waals surface area contributed by atoms with Gasteiger partial charge in [-0.05, 0) is 22.4 Å². The lowest BCUT2D eigenvalue weighted by Crippen LogP contribution is -2.06. The highest BCUT2D eigenvalue weighted by Crippen LogP contribution is 2.77. The van der Waals surface area contributed by atoms with Gasteiger partial charge in [-0.2, -0.15) is 11.3 Å². The average Bonchev–Trinajstić information content (AvgIpc) is 2.91. The van der Waals surface area contributed by atoms with E-state index in [4.69, 9.17) is 18.1 Å². The molecule has 1 aromatic heterocycles. The van der Waals surface area contributed by atoms with Gasteiger partial charge in [0.2, 0.25) is 0 Å². The van der Waals surface area contributed by atoms with E-state index in [-0.39, 0.29) is 0 Å². The van der Waals surface area contributed by atoms with E-state index < -0.39 is 20.6 Å². The Kier molecular flexibility index (Phi) is 5.74. The minimum Gasteiger partial charge on any atom is -0.311 e. The largest absolute Gasteiger partial charge is 0.349 e. The van der Waals surface area contributed by atoms with E-state index in [2.05, 4.69) is 0 Å². The molecule has 1 aromatic rings. The van der Waals surface area contributed by atoms with Crippen LogP contribution in [0.25, 0.3) is 0 Å². The molecule has 0 aromatic carbocycles. The predicted octanol–water partition coefficient (Wildman–Crippen LogP) is 3.72. The molecule has 0 unspecified atom stereocenters. The minimum absolute atomic E-state index is 0.541. The van der Waals surface area contributed by atoms with Crippen molar-refractivity contribution in [1.82, 2.24) is 0 Å². The Morgan fingerprint density at radius 3 is 1.72 bits per heavy atom. The van der Waals surface area contributed by atoms with E-state index in [0.717, 1.165) is 0 Å². The van der Waals surface area contributed by atoms with Crippen LogP contribution >= 0.6 is 26.5 Å². The zero-order valence-corrected chi connectivity index (χ0v) is 13.2. The van der Waals surface area contributed by atoms with Crippen molar-refractivity contribution < 1.29 is 27.2 Å². The smallest absolute Gasteiger partial charge is 0.311 e. The second kappa shape index (κ2) is 6.44. The lowest BCUT2D eigenvalue weighted by molar-refractivity contribution is 0.247. The molecule has 0 aliphatic rings. The summed E-state index contributed by atoms with van der Waals surface area (Å²) in [5.74, 6) is 0. The van der Waals surface area contributed by atoms with Crippen LogP contribution in [0.2, 0.25) is 0 Å². The summed E-state index contributed by atoms with van der Waals surface area (Å²) >= 11 is 1.38. The van der Waals surface area contributed by atoms with Crippen molar-refractivity contribution in [3.8, 4) is 0 Å². The van der Waals surface area contributed by atoms with Crippen LogP contribution in [0, 0.1) is 0 Å². The van der Waals surface area contributed by atoms with Crippen molar-refractivity contribution in [2.45, 2.75) is 5.40 Å². The molecule has 104 valence electrons. The van der Waals surface area contributed by atoms with Gasteiger partial charge in [-0.1, -0.05) is 0 Å². The van der Waals surface area contributed by atoms with E-state index in [1.54, 1.807) is 16.8 Å². The molecule has 0 spiro atoms. The normalized spacial score (nSPS) is 13.2. The van der Waals surface area contributed by atoms with E-state index in [0.29, 0.717) is 5.56 Å². The van der Waals surface area contributed by atoms with Crippen molar-refractivity contribution in [3.63, 3.8) is 0 Å². The number of thiophene rings is 1. The van der Waals surface area contributed by atoms with Gasteiger partial charge in [0.1, 0.15) is 0 Å². The molecule has 0 N–H and O–H groups in total. The number of hydrogen-bond acceptors (Lipinski definition) is 7. The third kappa shape index (κ3) is 2.94. The molecule has 0 bridgehead atoms. The Morgan fingerprint density at radius 2 is 1.44 bits per heavy atom. The summed E-state index contributed by atoms with van der Waals surface area (Å²) in [5, 5.41) is 2.38. The summed E-state index contributed by atoms with van der Waals surface area (Å²) in [7, 11) is -2.34. The molecule has 1 rings (SSSR count). The fraction of sp³-hybridized carbons (Fsp3) is 0.556. The molecule has 0 amide bonds. The minimum atomic E-state index is -3.64. The van der Waals surface area contributed by atoms with Gasteiger partial charge in [-0.15, -0.1) is 0 Å². The molecule has 9 heteroatoms. The van der Waals surface area contributed by atoms with Gasteiger partial charge in [-0.25, -0.2) is 0 Å². The van der Waals surface area contributed by atoms with Crippen LogP contribution in [-0.4, -0.2) is 28.4 Å². The first-order valence-electron chi connectivity index (χ1n) is 4.92. The van der Waals surface area contributed by atoms with Crippen LogP contribution in [0.5, 0.6) is 0 Å². The standard InChI is InChI=1S/C9H16O6P2S/c1-12-16(10,13-2)9(8-5-6-18-7-8)17(11,14-3)15-4/h5-7,9H,1-4H3. The molecule has 6 nitrogen and oxygen atoms in total. The van der Waals surface area contributed by atoms with E-state index in [9.17, 15) is 9.13 Å². The molecule has 0 radical (unpaired) electrons. The SMILES string of the molecule is COP(=O)(OC)C(c1ccsc1)P(=O)(OC)OC. The van der Waals surface area contributed by atoms with Crippen molar-refractivity contribution in [2.75, 3.05) is 28.4 Å². The Morgan fingerprint density at radius 1 is 1.00 bits per heavy atom. The summed E-state index contributed by atoms with van der Waals surface area (Å²) in [6, 6.07) is 1.69. The second-order valence-electron chi connectivity index (χ2n) is 3.24. The van der Waals surface area contributed by atoms with Gasteiger partial charge in [0, 0.05) is 28.4 Å². The highest BCUT2D eigenvalue weighted by atomic mass is 32.1. The van der Waals surface area contributed by atoms with Gasteiger partial charge in [-0.3, -0.25) is 9.13 Å². The lowest BCUT2D eigenvalue weighted by atomic mass is 10.4. The number of hydrogen-bond donors (Lipinski definition) is 0. The summed E-state index contributed by atoms with van der Waals surface area (Å²) < 4.78 is 44.8. The summed E-state index contributed by atoms with van der Waals surface area (Å²) in [4.78, 5) is 0. The van der Waals surface area contributed by atoms with E-state index >= 15 is 0 Å². The van der Waals surface area contributed by atoms with Crippen LogP contribution in [0.1, 0.15) is 11.0 Å². The van der Waals surface area contributed by atoms with Crippen LogP contribution in [-0.2, 0) is 27.2 Å². The van der Waals surface area contributed by atoms with Crippen LogP contribution < -0.4 is 0 Å². The molecule has 0 aliphatic heterocycles. The Hall–Kier alpha value is -0.0000000000000000416. The third-order valence-electron chi connectivity index (χ3n) is 2.46. The van der Waals surface area contributed by atoms with Crippen LogP contribution in [0.3, 0.4) is 0 Å². The van der Waals surface area contributed by atoms with Gasteiger partial charge in [0.25, 0.3) is 0 Å². The highest BCUT2D eigenvalue weighted by Gasteiger charge is 2.50. The van der Waals surface area contributed by atoms with Crippen molar-refractivity contribution >= 4 is 26.5 Å². The number of rotatable bonds is 7. The quantitative estimate of drug-likeness (QED) is 0.714. The zero-order valence-electron chi connectivity index (χ0n) is 10.6. The van der Waals surface area contributed by atoms with Gasteiger partial charge >= 0.3 is 15.2 Å². The average molecular weight is 314 g/mol. The molecular formula is C9H16O6P2S. The highest BCUT2D eigenvalue weighted by molar-refractivity contribution is 7.72. The molecule has 18 heavy (non-hydrogen) atoms. The predicted molar refractivity (Wildman–Crippen MR) is 70.3 cm³/mol. The fourth-order valence-corrected chi connectivity index (χ4v) is 7.06. The molecular weight excluding hydrogens is 298 g/mol. The maximum atomic E-state index is 12.5. The van der Waals surface area contributed by atoms with Gasteiger partial charge < -0.3 is 18.1 Å². The van der Waals surface area contributed by atoms with Gasteiger partial charge in [0.15, 0.2) is 5.40 Å². The third-order valence-corrected chi connectivity index (χ3v) is 8.69. The lowest BCUT2D eigenvalue weighted by Gasteiger charge is -2.28. The van der Waals surface area contributed by atoms with E-state index in [1.807, 2.05) is 0 Å². The Balaban J connectivity index is 3.37. The summed E-state index contributed by atoms with van der Waals surface area (Å²) in [6.45, 7) is 0. The maximum absolute atomic E-state index is 12.5. The van der Waals surface area contributed by atoms with E-state index in [1.165, 1.54) is 39.8 Å². The summed E-state index contributed by atoms with van der Waals surface area (Å²) in [5.41, 5.74) is 0.541. The Labute approximate surface area is 110 Å². The fourth-order valence-electron chi connectivity index (χ4n) is 1.51. The molecule has 0 saturated carbocycles. The van der Waals surface area contributed by atoms with Gasteiger partial charge in [0.05, 0.1) is 0 Å². The van der Waals surface area contributed by atoms with Crippen molar-refractivity contribution in [2.24, 2.45) is 0 Å². The first-order chi connectivity index (χ1) is 8.47. The maximum Gasteiger partial charge on any atom is 0.349 e. The van der Waals surface area contributed by atoms with Crippen LogP contribution in [0.15, 0.2) is 16.8 Å². The molecule has 0 aliphatic carbocycles. The molecule has 0 saturated heterocycles. The topological polar surface area (TPSA) is 71.1 Å². The second-order valence-corrected chi connectivity index (χ2v) is 9.08. The van der Waals surface area contributed by atoms with Crippen molar-refractivity contribution in [1.29, 1.82) is 0 Å². The Bertz CT molecular complexity index is 418. The first-order valence-corrected chi connectivity index (χ1v) is 9.08.